The molecule has 11 heteroatoms. The smallest absolute Gasteiger partial charge is 0.277 e. The largest absolute Gasteiger partial charge is 0.497 e. The molecule has 4 rings (SSSR count). The van der Waals surface area contributed by atoms with Crippen molar-refractivity contribution in [1.82, 2.24) is 25.1 Å². The van der Waals surface area contributed by atoms with E-state index in [1.165, 1.54) is 6.20 Å². The predicted molar refractivity (Wildman–Crippen MR) is 139 cm³/mol. The van der Waals surface area contributed by atoms with Gasteiger partial charge in [-0.05, 0) is 44.4 Å². The van der Waals surface area contributed by atoms with Gasteiger partial charge in [0.15, 0.2) is 5.82 Å². The van der Waals surface area contributed by atoms with E-state index in [4.69, 9.17) is 14.7 Å². The molecule has 2 unspecified atom stereocenters. The van der Waals surface area contributed by atoms with Gasteiger partial charge in [0, 0.05) is 43.0 Å². The maximum atomic E-state index is 12.7. The molecule has 0 radical (unpaired) electrons. The summed E-state index contributed by atoms with van der Waals surface area (Å²) < 4.78 is 10.7. The zero-order valence-corrected chi connectivity index (χ0v) is 21.6. The third-order valence-corrected chi connectivity index (χ3v) is 6.52. The number of aromatic nitrogens is 4. The van der Waals surface area contributed by atoms with Gasteiger partial charge in [0.1, 0.15) is 23.0 Å². The number of carbonyl (C=O) groups excluding carboxylic acids is 1. The molecule has 11 nitrogen and oxygen atoms in total. The van der Waals surface area contributed by atoms with E-state index in [1.54, 1.807) is 26.5 Å². The Kier molecular flexibility index (Phi) is 8.20. The molecular formula is C26H32N8O3. The highest BCUT2D eigenvalue weighted by Crippen LogP contribution is 2.24. The lowest BCUT2D eigenvalue weighted by Crippen LogP contribution is -2.57. The molecule has 1 aromatic carbocycles. The lowest BCUT2D eigenvalue weighted by Gasteiger charge is -2.43. The van der Waals surface area contributed by atoms with Crippen molar-refractivity contribution in [3.8, 4) is 17.6 Å². The van der Waals surface area contributed by atoms with Crippen molar-refractivity contribution < 1.29 is 14.3 Å². The van der Waals surface area contributed by atoms with Crippen molar-refractivity contribution >= 4 is 17.5 Å². The van der Waals surface area contributed by atoms with Crippen LogP contribution in [-0.4, -0.2) is 76.9 Å². The van der Waals surface area contributed by atoms with Crippen LogP contribution in [0.1, 0.15) is 35.6 Å². The zero-order valence-electron chi connectivity index (χ0n) is 21.6. The number of methoxy groups -OCH3 is 2. The third-order valence-electron chi connectivity index (χ3n) is 6.52. The van der Waals surface area contributed by atoms with Crippen molar-refractivity contribution in [3.05, 3.63) is 53.6 Å². The molecule has 0 spiro atoms. The Hall–Kier alpha value is -4.17. The summed E-state index contributed by atoms with van der Waals surface area (Å²) in [5.74, 6) is 2.23. The maximum absolute atomic E-state index is 12.7. The number of nitrogens with one attached hydrogen (secondary N) is 2. The van der Waals surface area contributed by atoms with Crippen molar-refractivity contribution in [2.24, 2.45) is 0 Å². The van der Waals surface area contributed by atoms with Gasteiger partial charge in [-0.25, -0.2) is 9.97 Å². The van der Waals surface area contributed by atoms with Gasteiger partial charge in [0.25, 0.3) is 5.91 Å². The molecule has 2 atom stereocenters. The minimum absolute atomic E-state index is 0.209. The van der Waals surface area contributed by atoms with Crippen molar-refractivity contribution in [2.75, 3.05) is 44.1 Å². The molecule has 3 heterocycles. The monoisotopic (exact) mass is 504 g/mol. The van der Waals surface area contributed by atoms with E-state index >= 15 is 0 Å². The fraction of sp³-hybridized carbons (Fsp3) is 0.423. The molecule has 1 amide bonds. The second-order valence-corrected chi connectivity index (χ2v) is 9.15. The first-order valence-corrected chi connectivity index (χ1v) is 12.2. The van der Waals surface area contributed by atoms with Crippen LogP contribution < -0.4 is 19.7 Å². The Morgan fingerprint density at radius 1 is 1.08 bits per heavy atom. The summed E-state index contributed by atoms with van der Waals surface area (Å²) in [7, 11) is 3.25. The van der Waals surface area contributed by atoms with Gasteiger partial charge < -0.3 is 19.7 Å². The summed E-state index contributed by atoms with van der Waals surface area (Å²) in [6, 6.07) is 10.2. The SMILES string of the molecule is COc1cc(CCc2cc(NC(=O)c3cnc(N4CC(C)N(CC#N)C(C)C4)cn3)n[nH]2)cc(OC)c1. The molecule has 1 aliphatic rings. The number of benzene rings is 1. The van der Waals surface area contributed by atoms with Crippen molar-refractivity contribution in [2.45, 2.75) is 38.8 Å². The minimum atomic E-state index is -0.379. The van der Waals surface area contributed by atoms with E-state index in [0.717, 1.165) is 42.3 Å². The Labute approximate surface area is 216 Å². The van der Waals surface area contributed by atoms with E-state index in [-0.39, 0.29) is 23.7 Å². The zero-order chi connectivity index (χ0) is 26.4. The number of ether oxygens (including phenoxy) is 2. The van der Waals surface area contributed by atoms with Crippen molar-refractivity contribution in [1.29, 1.82) is 5.26 Å². The summed E-state index contributed by atoms with van der Waals surface area (Å²) in [5, 5.41) is 19.0. The number of rotatable bonds is 9. The van der Waals surface area contributed by atoms with Crippen LogP contribution in [0.5, 0.6) is 11.5 Å². The molecule has 2 N–H and O–H groups in total. The van der Waals surface area contributed by atoms with Crippen LogP contribution in [0, 0.1) is 11.3 Å². The number of hydrogen-bond donors (Lipinski definition) is 2. The second-order valence-electron chi connectivity index (χ2n) is 9.15. The fourth-order valence-electron chi connectivity index (χ4n) is 4.56. The number of nitrogens with zero attached hydrogens (tertiary/aromatic N) is 6. The standard InChI is InChI=1S/C26H32N8O3/c1-17-15-33(16-18(2)34(17)8-7-27)25-14-28-23(13-29-25)26(35)30-24-11-20(31-32-24)6-5-19-9-21(36-3)12-22(10-19)37-4/h9-14,17-18H,5-6,8,15-16H2,1-4H3,(H2,30,31,32,35). The number of aryl methyl sites for hydroxylation is 2. The highest BCUT2D eigenvalue weighted by Gasteiger charge is 2.30. The van der Waals surface area contributed by atoms with Crippen LogP contribution in [0.15, 0.2) is 36.7 Å². The van der Waals surface area contributed by atoms with E-state index in [0.29, 0.717) is 24.6 Å². The van der Waals surface area contributed by atoms with Gasteiger partial charge in [-0.1, -0.05) is 0 Å². The Morgan fingerprint density at radius 3 is 2.38 bits per heavy atom. The fourth-order valence-corrected chi connectivity index (χ4v) is 4.56. The number of nitriles is 1. The Balaban J connectivity index is 1.33. The number of anilines is 2. The molecule has 1 saturated heterocycles. The molecule has 0 aliphatic carbocycles. The molecule has 3 aromatic rings. The summed E-state index contributed by atoms with van der Waals surface area (Å²) >= 11 is 0. The second kappa shape index (κ2) is 11.7. The van der Waals surface area contributed by atoms with Gasteiger partial charge in [-0.3, -0.25) is 14.8 Å². The first-order valence-electron chi connectivity index (χ1n) is 12.2. The summed E-state index contributed by atoms with van der Waals surface area (Å²) in [4.78, 5) is 25.8. The normalized spacial score (nSPS) is 17.8. The molecule has 1 fully saturated rings. The number of carbonyl (C=O) groups is 1. The van der Waals surface area contributed by atoms with E-state index < -0.39 is 0 Å². The lowest BCUT2D eigenvalue weighted by molar-refractivity contribution is 0.102. The van der Waals surface area contributed by atoms with Gasteiger partial charge >= 0.3 is 0 Å². The summed E-state index contributed by atoms with van der Waals surface area (Å²) in [6.45, 7) is 6.09. The number of amides is 1. The highest BCUT2D eigenvalue weighted by molar-refractivity contribution is 6.02. The number of aromatic amines is 1. The van der Waals surface area contributed by atoms with Crippen molar-refractivity contribution in [3.63, 3.8) is 0 Å². The molecule has 2 aromatic heterocycles. The Bertz CT molecular complexity index is 1220. The highest BCUT2D eigenvalue weighted by atomic mass is 16.5. The molecule has 1 aliphatic heterocycles. The lowest BCUT2D eigenvalue weighted by atomic mass is 10.1. The first kappa shape index (κ1) is 25.9. The van der Waals surface area contributed by atoms with Gasteiger partial charge in [0.2, 0.25) is 0 Å². The van der Waals surface area contributed by atoms with Gasteiger partial charge in [0.05, 0.1) is 39.2 Å². The number of hydrogen-bond acceptors (Lipinski definition) is 9. The maximum Gasteiger partial charge on any atom is 0.277 e. The van der Waals surface area contributed by atoms with Gasteiger partial charge in [-0.15, -0.1) is 0 Å². The average molecular weight is 505 g/mol. The molecular weight excluding hydrogens is 472 g/mol. The molecule has 37 heavy (non-hydrogen) atoms. The van der Waals surface area contributed by atoms with Crippen LogP contribution in [0.2, 0.25) is 0 Å². The Morgan fingerprint density at radius 2 is 1.78 bits per heavy atom. The average Bonchev–Trinajstić information content (AvgIpc) is 3.36. The van der Waals surface area contributed by atoms with Crippen LogP contribution >= 0.6 is 0 Å². The topological polar surface area (TPSA) is 132 Å². The molecule has 194 valence electrons. The van der Waals surface area contributed by atoms with Gasteiger partial charge in [-0.2, -0.15) is 10.4 Å². The quantitative estimate of drug-likeness (QED) is 0.422. The minimum Gasteiger partial charge on any atom is -0.497 e. The van der Waals surface area contributed by atoms with Crippen LogP contribution in [0.4, 0.5) is 11.6 Å². The predicted octanol–water partition coefficient (Wildman–Crippen LogP) is 2.68. The third kappa shape index (κ3) is 6.34. The number of H-pyrrole nitrogens is 1. The number of piperazine rings is 1. The van der Waals surface area contributed by atoms with E-state index in [1.807, 2.05) is 18.2 Å². The molecule has 0 saturated carbocycles. The molecule has 0 bridgehead atoms. The van der Waals surface area contributed by atoms with Crippen LogP contribution in [-0.2, 0) is 12.8 Å². The van der Waals surface area contributed by atoms with Crippen LogP contribution in [0.3, 0.4) is 0 Å². The first-order chi connectivity index (χ1) is 17.9. The van der Waals surface area contributed by atoms with Crippen LogP contribution in [0.25, 0.3) is 0 Å². The van der Waals surface area contributed by atoms with E-state index in [9.17, 15) is 4.79 Å². The summed E-state index contributed by atoms with van der Waals surface area (Å²) in [5.41, 5.74) is 2.17. The summed E-state index contributed by atoms with van der Waals surface area (Å²) in [6.07, 6.45) is 4.54. The van der Waals surface area contributed by atoms with E-state index in [2.05, 4.69) is 55.2 Å².